The predicted octanol–water partition coefficient (Wildman–Crippen LogP) is 1.28. The molecule has 7 heteroatoms. The zero-order valence-corrected chi connectivity index (χ0v) is 12.0. The Labute approximate surface area is 123 Å². The van der Waals surface area contributed by atoms with Gasteiger partial charge in [0, 0.05) is 50.5 Å². The summed E-state index contributed by atoms with van der Waals surface area (Å²) in [5.41, 5.74) is 1.10. The van der Waals surface area contributed by atoms with Gasteiger partial charge in [0.15, 0.2) is 0 Å². The highest BCUT2D eigenvalue weighted by Crippen LogP contribution is 2.20. The first-order chi connectivity index (χ1) is 10.1. The van der Waals surface area contributed by atoms with Crippen LogP contribution in [0.15, 0.2) is 24.3 Å². The average Bonchev–Trinajstić information content (AvgIpc) is 2.53. The topological polar surface area (TPSA) is 75.9 Å². The molecular formula is C14H19N3O4. The smallest absolute Gasteiger partial charge is 0.306 e. The number of carbonyl (C=O) groups is 1. The maximum atomic E-state index is 11.1. The summed E-state index contributed by atoms with van der Waals surface area (Å²) in [6.45, 7) is 4.14. The number of benzene rings is 1. The molecule has 1 aromatic carbocycles. The third-order valence-corrected chi connectivity index (χ3v) is 3.66. The van der Waals surface area contributed by atoms with Crippen LogP contribution in [-0.2, 0) is 9.53 Å². The van der Waals surface area contributed by atoms with E-state index in [1.54, 1.807) is 12.1 Å². The first-order valence-electron chi connectivity index (χ1n) is 6.88. The lowest BCUT2D eigenvalue weighted by Gasteiger charge is -2.35. The standard InChI is InChI=1S/C14H19N3O4/c1-21-14(18)6-7-15-8-10-16(11-9-15)12-2-4-13(5-3-12)17(19)20/h2-5H,6-11H2,1H3. The van der Waals surface area contributed by atoms with Gasteiger partial charge < -0.3 is 9.64 Å². The number of rotatable bonds is 5. The van der Waals surface area contributed by atoms with Crippen LogP contribution in [0.3, 0.4) is 0 Å². The van der Waals surface area contributed by atoms with Crippen molar-refractivity contribution in [2.45, 2.75) is 6.42 Å². The fourth-order valence-corrected chi connectivity index (χ4v) is 2.37. The molecular weight excluding hydrogens is 274 g/mol. The lowest BCUT2D eigenvalue weighted by Crippen LogP contribution is -2.46. The SMILES string of the molecule is COC(=O)CCN1CCN(c2ccc([N+](=O)[O-])cc2)CC1. The predicted molar refractivity (Wildman–Crippen MR) is 78.4 cm³/mol. The third kappa shape index (κ3) is 4.16. The molecule has 1 heterocycles. The van der Waals surface area contributed by atoms with Crippen LogP contribution in [0.4, 0.5) is 11.4 Å². The number of nitro groups is 1. The Hall–Kier alpha value is -2.15. The van der Waals surface area contributed by atoms with E-state index in [1.165, 1.54) is 19.2 Å². The van der Waals surface area contributed by atoms with E-state index in [1.807, 2.05) is 0 Å². The van der Waals surface area contributed by atoms with Crippen LogP contribution in [0.25, 0.3) is 0 Å². The molecule has 0 radical (unpaired) electrons. The van der Waals surface area contributed by atoms with Gasteiger partial charge in [-0.3, -0.25) is 19.8 Å². The number of methoxy groups -OCH3 is 1. The number of esters is 1. The quantitative estimate of drug-likeness (QED) is 0.462. The number of nitrogens with zero attached hydrogens (tertiary/aromatic N) is 3. The number of non-ortho nitro benzene ring substituents is 1. The molecule has 114 valence electrons. The fraction of sp³-hybridized carbons (Fsp3) is 0.500. The summed E-state index contributed by atoms with van der Waals surface area (Å²) in [4.78, 5) is 25.8. The highest BCUT2D eigenvalue weighted by atomic mass is 16.6. The second-order valence-electron chi connectivity index (χ2n) is 4.93. The first kappa shape index (κ1) is 15.2. The molecule has 0 atom stereocenters. The minimum atomic E-state index is -0.394. The van der Waals surface area contributed by atoms with Crippen LogP contribution in [-0.4, -0.2) is 55.6 Å². The van der Waals surface area contributed by atoms with Crippen molar-refractivity contribution in [1.29, 1.82) is 0 Å². The molecule has 0 spiro atoms. The monoisotopic (exact) mass is 293 g/mol. The van der Waals surface area contributed by atoms with Crippen LogP contribution in [0, 0.1) is 10.1 Å². The Bertz CT molecular complexity index is 495. The highest BCUT2D eigenvalue weighted by molar-refractivity contribution is 5.69. The van der Waals surface area contributed by atoms with E-state index in [2.05, 4.69) is 14.5 Å². The normalized spacial score (nSPS) is 15.8. The molecule has 21 heavy (non-hydrogen) atoms. The van der Waals surface area contributed by atoms with Gasteiger partial charge in [-0.15, -0.1) is 0 Å². The molecule has 0 bridgehead atoms. The Morgan fingerprint density at radius 1 is 1.24 bits per heavy atom. The van der Waals surface area contributed by atoms with Gasteiger partial charge in [0.2, 0.25) is 0 Å². The molecule has 0 amide bonds. The average molecular weight is 293 g/mol. The zero-order chi connectivity index (χ0) is 15.2. The molecule has 0 N–H and O–H groups in total. The van der Waals surface area contributed by atoms with E-state index in [9.17, 15) is 14.9 Å². The van der Waals surface area contributed by atoms with Crippen molar-refractivity contribution in [2.75, 3.05) is 44.7 Å². The van der Waals surface area contributed by atoms with Gasteiger partial charge in [-0.25, -0.2) is 0 Å². The Morgan fingerprint density at radius 2 is 1.86 bits per heavy atom. The summed E-state index contributed by atoms with van der Waals surface area (Å²) in [6, 6.07) is 6.61. The maximum absolute atomic E-state index is 11.1. The Balaban J connectivity index is 1.83. The van der Waals surface area contributed by atoms with Crippen LogP contribution in [0.1, 0.15) is 6.42 Å². The lowest BCUT2D eigenvalue weighted by molar-refractivity contribution is -0.384. The van der Waals surface area contributed by atoms with Crippen molar-refractivity contribution in [3.63, 3.8) is 0 Å². The van der Waals surface area contributed by atoms with Gasteiger partial charge >= 0.3 is 5.97 Å². The molecule has 2 rings (SSSR count). The van der Waals surface area contributed by atoms with Gasteiger partial charge in [-0.1, -0.05) is 0 Å². The second kappa shape index (κ2) is 7.03. The molecule has 1 fully saturated rings. The van der Waals surface area contributed by atoms with Gasteiger partial charge in [0.1, 0.15) is 0 Å². The molecule has 0 saturated carbocycles. The van der Waals surface area contributed by atoms with Crippen molar-refractivity contribution in [2.24, 2.45) is 0 Å². The molecule has 1 aliphatic rings. The fourth-order valence-electron chi connectivity index (χ4n) is 2.37. The van der Waals surface area contributed by atoms with Gasteiger partial charge in [-0.2, -0.15) is 0 Å². The van der Waals surface area contributed by atoms with E-state index in [4.69, 9.17) is 0 Å². The summed E-state index contributed by atoms with van der Waals surface area (Å²) in [5, 5.41) is 10.6. The minimum absolute atomic E-state index is 0.107. The summed E-state index contributed by atoms with van der Waals surface area (Å²) in [6.07, 6.45) is 0.411. The van der Waals surface area contributed by atoms with E-state index in [0.717, 1.165) is 31.9 Å². The van der Waals surface area contributed by atoms with Gasteiger partial charge in [0.25, 0.3) is 5.69 Å². The number of hydrogen-bond donors (Lipinski definition) is 0. The van der Waals surface area contributed by atoms with Crippen LogP contribution < -0.4 is 4.90 Å². The largest absolute Gasteiger partial charge is 0.469 e. The molecule has 7 nitrogen and oxygen atoms in total. The molecule has 0 aliphatic carbocycles. The molecule has 0 unspecified atom stereocenters. The maximum Gasteiger partial charge on any atom is 0.306 e. The van der Waals surface area contributed by atoms with Crippen LogP contribution in [0.2, 0.25) is 0 Å². The van der Waals surface area contributed by atoms with Gasteiger partial charge in [0.05, 0.1) is 18.5 Å². The number of hydrogen-bond acceptors (Lipinski definition) is 6. The second-order valence-corrected chi connectivity index (χ2v) is 4.93. The summed E-state index contributed by atoms with van der Waals surface area (Å²) in [5.74, 6) is -0.187. The lowest BCUT2D eigenvalue weighted by atomic mass is 10.2. The van der Waals surface area contributed by atoms with Crippen molar-refractivity contribution < 1.29 is 14.5 Å². The Morgan fingerprint density at radius 3 is 2.38 bits per heavy atom. The van der Waals surface area contributed by atoms with E-state index in [-0.39, 0.29) is 11.7 Å². The summed E-state index contributed by atoms with van der Waals surface area (Å²) >= 11 is 0. The Kier molecular flexibility index (Phi) is 5.10. The molecule has 1 aromatic rings. The molecule has 0 aromatic heterocycles. The first-order valence-corrected chi connectivity index (χ1v) is 6.88. The van der Waals surface area contributed by atoms with E-state index < -0.39 is 4.92 Å². The van der Waals surface area contributed by atoms with Crippen LogP contribution in [0.5, 0.6) is 0 Å². The number of carbonyl (C=O) groups excluding carboxylic acids is 1. The van der Waals surface area contributed by atoms with Crippen molar-refractivity contribution in [1.82, 2.24) is 4.90 Å². The minimum Gasteiger partial charge on any atom is -0.469 e. The van der Waals surface area contributed by atoms with Gasteiger partial charge in [-0.05, 0) is 12.1 Å². The number of anilines is 1. The summed E-state index contributed by atoms with van der Waals surface area (Å²) < 4.78 is 4.63. The number of ether oxygens (including phenoxy) is 1. The van der Waals surface area contributed by atoms with E-state index in [0.29, 0.717) is 13.0 Å². The highest BCUT2D eigenvalue weighted by Gasteiger charge is 2.18. The third-order valence-electron chi connectivity index (χ3n) is 3.66. The van der Waals surface area contributed by atoms with E-state index >= 15 is 0 Å². The number of piperazine rings is 1. The van der Waals surface area contributed by atoms with Crippen molar-refractivity contribution in [3.05, 3.63) is 34.4 Å². The molecule has 1 aliphatic heterocycles. The van der Waals surface area contributed by atoms with Crippen molar-refractivity contribution in [3.8, 4) is 0 Å². The zero-order valence-electron chi connectivity index (χ0n) is 12.0. The van der Waals surface area contributed by atoms with Crippen LogP contribution >= 0.6 is 0 Å². The summed E-state index contributed by atoms with van der Waals surface area (Å²) in [7, 11) is 1.40. The van der Waals surface area contributed by atoms with Crippen molar-refractivity contribution >= 4 is 17.3 Å². The molecule has 1 saturated heterocycles. The number of nitro benzene ring substituents is 1.